The molecule has 0 radical (unpaired) electrons. The molecule has 0 spiro atoms. The molecule has 0 fully saturated rings. The monoisotopic (exact) mass is 340 g/mol. The van der Waals surface area contributed by atoms with E-state index in [1.165, 1.54) is 4.57 Å². The predicted molar refractivity (Wildman–Crippen MR) is 93.2 cm³/mol. The molecule has 0 saturated heterocycles. The Bertz CT molecular complexity index is 960. The van der Waals surface area contributed by atoms with Crippen LogP contribution in [0.2, 0.25) is 0 Å². The predicted octanol–water partition coefficient (Wildman–Crippen LogP) is 2.27. The number of amides is 1. The van der Waals surface area contributed by atoms with Gasteiger partial charge >= 0.3 is 0 Å². The number of nitrogens with zero attached hydrogens (tertiary/aromatic N) is 3. The van der Waals surface area contributed by atoms with Crippen LogP contribution in [0.1, 0.15) is 36.5 Å². The van der Waals surface area contributed by atoms with Gasteiger partial charge in [0.25, 0.3) is 11.3 Å². The summed E-state index contributed by atoms with van der Waals surface area (Å²) in [7, 11) is 0. The molecule has 7 nitrogen and oxygen atoms in total. The number of carbonyl (C=O) groups excluding carboxylic acids is 1. The number of aryl methyl sites for hydroxylation is 2. The van der Waals surface area contributed by atoms with Crippen LogP contribution in [0.3, 0.4) is 0 Å². The maximum atomic E-state index is 12.9. The lowest BCUT2D eigenvalue weighted by Crippen LogP contribution is -2.38. The maximum absolute atomic E-state index is 12.9. The Balaban J connectivity index is 1.92. The van der Waals surface area contributed by atoms with Crippen molar-refractivity contribution in [2.24, 2.45) is 0 Å². The van der Waals surface area contributed by atoms with Crippen LogP contribution in [0.5, 0.6) is 0 Å². The van der Waals surface area contributed by atoms with Crippen molar-refractivity contribution >= 4 is 17.0 Å². The maximum Gasteiger partial charge on any atom is 0.267 e. The molecule has 2 aromatic heterocycles. The molecule has 1 atom stereocenters. The highest BCUT2D eigenvalue weighted by molar-refractivity contribution is 5.81. The zero-order chi connectivity index (χ0) is 18.0. The summed E-state index contributed by atoms with van der Waals surface area (Å²) in [6.45, 7) is 5.64. The first kappa shape index (κ1) is 16.9. The molecule has 25 heavy (non-hydrogen) atoms. The molecular weight excluding hydrogens is 320 g/mol. The summed E-state index contributed by atoms with van der Waals surface area (Å²) in [5, 5.41) is 7.01. The van der Waals surface area contributed by atoms with E-state index in [0.29, 0.717) is 29.9 Å². The SMILES string of the molecule is CC[C@H](C(=O)NCc1ccccc1)n1c(C)nc2onc(C)c2c1=O. The molecule has 3 rings (SSSR count). The lowest BCUT2D eigenvalue weighted by atomic mass is 10.1. The van der Waals surface area contributed by atoms with E-state index >= 15 is 0 Å². The van der Waals surface area contributed by atoms with Gasteiger partial charge in [0.05, 0.1) is 5.69 Å². The molecule has 0 saturated carbocycles. The van der Waals surface area contributed by atoms with E-state index in [1.807, 2.05) is 37.3 Å². The highest BCUT2D eigenvalue weighted by atomic mass is 16.5. The van der Waals surface area contributed by atoms with E-state index in [1.54, 1.807) is 13.8 Å². The fraction of sp³-hybridized carbons (Fsp3) is 0.333. The fourth-order valence-electron chi connectivity index (χ4n) is 2.90. The summed E-state index contributed by atoms with van der Waals surface area (Å²) in [4.78, 5) is 29.8. The van der Waals surface area contributed by atoms with Crippen molar-refractivity contribution in [2.75, 3.05) is 0 Å². The van der Waals surface area contributed by atoms with Crippen LogP contribution in [0.15, 0.2) is 39.6 Å². The van der Waals surface area contributed by atoms with E-state index in [-0.39, 0.29) is 17.2 Å². The van der Waals surface area contributed by atoms with Crippen LogP contribution < -0.4 is 10.9 Å². The number of fused-ring (bicyclic) bond motifs is 1. The first-order valence-electron chi connectivity index (χ1n) is 8.19. The first-order valence-corrected chi connectivity index (χ1v) is 8.19. The number of hydrogen-bond donors (Lipinski definition) is 1. The molecule has 1 amide bonds. The van der Waals surface area contributed by atoms with Crippen LogP contribution in [0.4, 0.5) is 0 Å². The number of benzene rings is 1. The van der Waals surface area contributed by atoms with Crippen molar-refractivity contribution in [3.63, 3.8) is 0 Å². The Morgan fingerprint density at radius 2 is 2.00 bits per heavy atom. The molecular formula is C18H20N4O3. The van der Waals surface area contributed by atoms with Crippen LogP contribution in [0, 0.1) is 13.8 Å². The standard InChI is InChI=1S/C18H20N4O3/c1-4-14(16(23)19-10-13-8-6-5-7-9-13)22-12(3)20-17-15(18(22)24)11(2)21-25-17/h5-9,14H,4,10H2,1-3H3,(H,19,23)/t14-/m1/s1. The van der Waals surface area contributed by atoms with Crippen molar-refractivity contribution < 1.29 is 9.32 Å². The van der Waals surface area contributed by atoms with Crippen LogP contribution in [-0.2, 0) is 11.3 Å². The van der Waals surface area contributed by atoms with Gasteiger partial charge in [-0.05, 0) is 25.8 Å². The summed E-state index contributed by atoms with van der Waals surface area (Å²) >= 11 is 0. The Labute approximate surface area is 144 Å². The van der Waals surface area contributed by atoms with Gasteiger partial charge in [-0.1, -0.05) is 42.4 Å². The molecule has 2 heterocycles. The second-order valence-corrected chi connectivity index (χ2v) is 5.91. The van der Waals surface area contributed by atoms with Crippen molar-refractivity contribution in [1.82, 2.24) is 20.0 Å². The molecule has 1 aromatic carbocycles. The molecule has 1 N–H and O–H groups in total. The van der Waals surface area contributed by atoms with Gasteiger partial charge in [0, 0.05) is 6.54 Å². The molecule has 0 aliphatic rings. The van der Waals surface area contributed by atoms with Crippen molar-refractivity contribution in [2.45, 2.75) is 39.8 Å². The van der Waals surface area contributed by atoms with Gasteiger partial charge < -0.3 is 9.84 Å². The van der Waals surface area contributed by atoms with Crippen LogP contribution >= 0.6 is 0 Å². The number of hydrogen-bond acceptors (Lipinski definition) is 5. The minimum atomic E-state index is -0.637. The van der Waals surface area contributed by atoms with Crippen molar-refractivity contribution in [1.29, 1.82) is 0 Å². The number of aromatic nitrogens is 3. The Morgan fingerprint density at radius 3 is 2.68 bits per heavy atom. The van der Waals surface area contributed by atoms with Crippen molar-refractivity contribution in [3.05, 3.63) is 57.8 Å². The second kappa shape index (κ2) is 6.88. The minimum absolute atomic E-state index is 0.204. The molecule has 130 valence electrons. The van der Waals surface area contributed by atoms with Crippen LogP contribution in [0.25, 0.3) is 11.1 Å². The highest BCUT2D eigenvalue weighted by Crippen LogP contribution is 2.17. The van der Waals surface area contributed by atoms with Gasteiger partial charge in [-0.25, -0.2) is 0 Å². The average molecular weight is 340 g/mol. The smallest absolute Gasteiger partial charge is 0.267 e. The quantitative estimate of drug-likeness (QED) is 0.769. The van der Waals surface area contributed by atoms with Crippen LogP contribution in [-0.4, -0.2) is 20.6 Å². The second-order valence-electron chi connectivity index (χ2n) is 5.91. The Kier molecular flexibility index (Phi) is 4.65. The molecule has 0 aliphatic heterocycles. The van der Waals surface area contributed by atoms with E-state index in [2.05, 4.69) is 15.5 Å². The fourth-order valence-corrected chi connectivity index (χ4v) is 2.90. The molecule has 3 aromatic rings. The van der Waals surface area contributed by atoms with Gasteiger partial charge in [0.15, 0.2) is 0 Å². The third-order valence-electron chi connectivity index (χ3n) is 4.20. The molecule has 0 aliphatic carbocycles. The summed E-state index contributed by atoms with van der Waals surface area (Å²) in [5.74, 6) is 0.210. The molecule has 7 heteroatoms. The highest BCUT2D eigenvalue weighted by Gasteiger charge is 2.24. The van der Waals surface area contributed by atoms with Gasteiger partial charge in [-0.2, -0.15) is 4.98 Å². The largest absolute Gasteiger partial charge is 0.350 e. The van der Waals surface area contributed by atoms with E-state index in [4.69, 9.17) is 4.52 Å². The third kappa shape index (κ3) is 3.17. The van der Waals surface area contributed by atoms with Gasteiger partial charge in [-0.15, -0.1) is 0 Å². The van der Waals surface area contributed by atoms with E-state index < -0.39 is 6.04 Å². The Hall–Kier alpha value is -2.96. The normalized spacial score (nSPS) is 12.3. The minimum Gasteiger partial charge on any atom is -0.350 e. The zero-order valence-electron chi connectivity index (χ0n) is 14.4. The average Bonchev–Trinajstić information content (AvgIpc) is 2.98. The molecule has 0 unspecified atom stereocenters. The van der Waals surface area contributed by atoms with E-state index in [9.17, 15) is 9.59 Å². The third-order valence-corrected chi connectivity index (χ3v) is 4.20. The van der Waals surface area contributed by atoms with Crippen molar-refractivity contribution in [3.8, 4) is 0 Å². The summed E-state index contributed by atoms with van der Waals surface area (Å²) in [6.07, 6.45) is 0.471. The summed E-state index contributed by atoms with van der Waals surface area (Å²) < 4.78 is 6.49. The zero-order valence-corrected chi connectivity index (χ0v) is 14.4. The summed E-state index contributed by atoms with van der Waals surface area (Å²) in [5.41, 5.74) is 1.37. The summed E-state index contributed by atoms with van der Waals surface area (Å²) in [6, 6.07) is 8.99. The lowest BCUT2D eigenvalue weighted by molar-refractivity contribution is -0.124. The number of nitrogens with one attached hydrogen (secondary N) is 1. The Morgan fingerprint density at radius 1 is 1.28 bits per heavy atom. The molecule has 0 bridgehead atoms. The first-order chi connectivity index (χ1) is 12.0. The number of rotatable bonds is 5. The topological polar surface area (TPSA) is 90.0 Å². The van der Waals surface area contributed by atoms with Gasteiger partial charge in [0.1, 0.15) is 17.3 Å². The number of carbonyl (C=O) groups is 1. The van der Waals surface area contributed by atoms with Gasteiger partial charge in [0.2, 0.25) is 5.91 Å². The van der Waals surface area contributed by atoms with E-state index in [0.717, 1.165) is 5.56 Å². The van der Waals surface area contributed by atoms with Gasteiger partial charge in [-0.3, -0.25) is 14.2 Å². The lowest BCUT2D eigenvalue weighted by Gasteiger charge is -2.19.